The van der Waals surface area contributed by atoms with Gasteiger partial charge in [0.1, 0.15) is 0 Å². The number of allylic oxidation sites excluding steroid dienone is 1. The molecule has 0 unspecified atom stereocenters. The Morgan fingerprint density at radius 2 is 2.27 bits per heavy atom. The number of halogens is 2. The Bertz CT molecular complexity index is 268. The van der Waals surface area contributed by atoms with Gasteiger partial charge in [-0.3, -0.25) is 0 Å². The van der Waals surface area contributed by atoms with Crippen molar-refractivity contribution in [1.29, 1.82) is 0 Å². The molecule has 2 heteroatoms. The highest BCUT2D eigenvalue weighted by atomic mass is 127. The lowest BCUT2D eigenvalue weighted by Crippen LogP contribution is -1.86. The van der Waals surface area contributed by atoms with E-state index < -0.39 is 0 Å². The fourth-order valence-electron chi connectivity index (χ4n) is 0.862. The molecule has 1 rings (SSSR count). The molecule has 0 aromatic heterocycles. The van der Waals surface area contributed by atoms with Gasteiger partial charge in [0, 0.05) is 8.04 Å². The Kier molecular flexibility index (Phi) is 3.59. The van der Waals surface area contributed by atoms with Crippen molar-refractivity contribution < 1.29 is 0 Å². The zero-order valence-electron chi connectivity index (χ0n) is 5.98. The summed E-state index contributed by atoms with van der Waals surface area (Å²) in [5, 5.41) is 0. The first-order valence-electron chi connectivity index (χ1n) is 3.29. The van der Waals surface area contributed by atoms with Crippen LogP contribution in [0.5, 0.6) is 0 Å². The third kappa shape index (κ3) is 2.30. The second-order valence-electron chi connectivity index (χ2n) is 2.21. The predicted octanol–water partition coefficient (Wildman–Crippen LogP) is 3.78. The minimum absolute atomic E-state index is 0.942. The van der Waals surface area contributed by atoms with E-state index in [4.69, 9.17) is 0 Å². The van der Waals surface area contributed by atoms with Gasteiger partial charge in [-0.2, -0.15) is 0 Å². The Labute approximate surface area is 89.0 Å². The van der Waals surface area contributed by atoms with Gasteiger partial charge in [-0.05, 0) is 56.6 Å². The molecular weight excluding hydrogens is 315 g/mol. The highest BCUT2D eigenvalue weighted by molar-refractivity contribution is 14.1. The van der Waals surface area contributed by atoms with Gasteiger partial charge in [0.2, 0.25) is 0 Å². The fraction of sp³-hybridized carbons (Fsp3) is 0.111. The molecule has 0 N–H and O–H groups in total. The average Bonchev–Trinajstić information content (AvgIpc) is 1.99. The topological polar surface area (TPSA) is 0 Å². The van der Waals surface area contributed by atoms with E-state index in [1.165, 1.54) is 9.13 Å². The Morgan fingerprint density at radius 1 is 1.55 bits per heavy atom. The van der Waals surface area contributed by atoms with E-state index in [1.807, 2.05) is 18.2 Å². The van der Waals surface area contributed by atoms with Crippen LogP contribution in [-0.2, 0) is 6.42 Å². The van der Waals surface area contributed by atoms with Gasteiger partial charge in [-0.25, -0.2) is 0 Å². The van der Waals surface area contributed by atoms with Crippen molar-refractivity contribution in [2.24, 2.45) is 0 Å². The molecule has 0 radical (unpaired) electrons. The SMILES string of the molecule is C=CCc1cccc(Br)c1I. The fourth-order valence-corrected chi connectivity index (χ4v) is 1.85. The van der Waals surface area contributed by atoms with Gasteiger partial charge in [0.05, 0.1) is 0 Å². The quantitative estimate of drug-likeness (QED) is 0.574. The summed E-state index contributed by atoms with van der Waals surface area (Å²) in [6.07, 6.45) is 2.86. The van der Waals surface area contributed by atoms with E-state index in [2.05, 4.69) is 51.2 Å². The second kappa shape index (κ2) is 4.26. The molecule has 0 spiro atoms. The van der Waals surface area contributed by atoms with Crippen molar-refractivity contribution in [3.05, 3.63) is 44.5 Å². The van der Waals surface area contributed by atoms with Crippen LogP contribution in [0.4, 0.5) is 0 Å². The van der Waals surface area contributed by atoms with E-state index in [0.29, 0.717) is 0 Å². The summed E-state index contributed by atoms with van der Waals surface area (Å²) in [5.41, 5.74) is 1.33. The summed E-state index contributed by atoms with van der Waals surface area (Å²) < 4.78 is 2.45. The van der Waals surface area contributed by atoms with Crippen molar-refractivity contribution in [1.82, 2.24) is 0 Å². The number of hydrogen-bond donors (Lipinski definition) is 0. The van der Waals surface area contributed by atoms with Crippen LogP contribution in [-0.4, -0.2) is 0 Å². The maximum Gasteiger partial charge on any atom is 0.0311 e. The van der Waals surface area contributed by atoms with E-state index in [0.717, 1.165) is 10.9 Å². The van der Waals surface area contributed by atoms with E-state index in [-0.39, 0.29) is 0 Å². The van der Waals surface area contributed by atoms with Gasteiger partial charge in [0.25, 0.3) is 0 Å². The van der Waals surface area contributed by atoms with Crippen LogP contribution in [0.2, 0.25) is 0 Å². The van der Waals surface area contributed by atoms with Crippen molar-refractivity contribution in [3.63, 3.8) is 0 Å². The second-order valence-corrected chi connectivity index (χ2v) is 4.14. The van der Waals surface area contributed by atoms with Gasteiger partial charge in [0.15, 0.2) is 0 Å². The molecule has 0 atom stereocenters. The molecule has 0 nitrogen and oxygen atoms in total. The van der Waals surface area contributed by atoms with Crippen LogP contribution in [0, 0.1) is 3.57 Å². The number of rotatable bonds is 2. The van der Waals surface area contributed by atoms with Crippen molar-refractivity contribution >= 4 is 38.5 Å². The van der Waals surface area contributed by atoms with Crippen LogP contribution in [0.25, 0.3) is 0 Å². The number of benzene rings is 1. The van der Waals surface area contributed by atoms with Crippen LogP contribution in [0.3, 0.4) is 0 Å². The third-order valence-electron chi connectivity index (χ3n) is 1.40. The lowest BCUT2D eigenvalue weighted by molar-refractivity contribution is 1.24. The van der Waals surface area contributed by atoms with Crippen molar-refractivity contribution in [2.45, 2.75) is 6.42 Å². The van der Waals surface area contributed by atoms with Crippen LogP contribution in [0.1, 0.15) is 5.56 Å². The molecule has 11 heavy (non-hydrogen) atoms. The maximum atomic E-state index is 3.71. The molecule has 58 valence electrons. The summed E-state index contributed by atoms with van der Waals surface area (Å²) >= 11 is 5.81. The summed E-state index contributed by atoms with van der Waals surface area (Å²) in [6.45, 7) is 3.71. The first kappa shape index (κ1) is 9.26. The monoisotopic (exact) mass is 322 g/mol. The summed E-state index contributed by atoms with van der Waals surface area (Å²) in [7, 11) is 0. The summed E-state index contributed by atoms with van der Waals surface area (Å²) in [5.74, 6) is 0. The number of hydrogen-bond acceptors (Lipinski definition) is 0. The molecule has 1 aromatic carbocycles. The minimum Gasteiger partial charge on any atom is -0.103 e. The molecule has 0 fully saturated rings. The van der Waals surface area contributed by atoms with E-state index in [9.17, 15) is 0 Å². The van der Waals surface area contributed by atoms with Gasteiger partial charge >= 0.3 is 0 Å². The average molecular weight is 323 g/mol. The largest absolute Gasteiger partial charge is 0.103 e. The molecule has 0 saturated carbocycles. The lowest BCUT2D eigenvalue weighted by Gasteiger charge is -2.01. The first-order valence-corrected chi connectivity index (χ1v) is 5.16. The minimum atomic E-state index is 0.942. The van der Waals surface area contributed by atoms with E-state index >= 15 is 0 Å². The molecule has 0 aliphatic rings. The highest BCUT2D eigenvalue weighted by Crippen LogP contribution is 2.22. The molecule has 0 saturated heterocycles. The summed E-state index contributed by atoms with van der Waals surface area (Å²) in [4.78, 5) is 0. The Balaban J connectivity index is 3.05. The normalized spacial score (nSPS) is 9.64. The van der Waals surface area contributed by atoms with Crippen molar-refractivity contribution in [2.75, 3.05) is 0 Å². The molecule has 1 aromatic rings. The zero-order valence-corrected chi connectivity index (χ0v) is 9.72. The zero-order chi connectivity index (χ0) is 8.27. The van der Waals surface area contributed by atoms with E-state index in [1.54, 1.807) is 0 Å². The molecule has 0 aliphatic carbocycles. The molecule has 0 heterocycles. The predicted molar refractivity (Wildman–Crippen MR) is 60.8 cm³/mol. The highest BCUT2D eigenvalue weighted by Gasteiger charge is 1.99. The molecule has 0 bridgehead atoms. The molecular formula is C9H8BrI. The Morgan fingerprint density at radius 3 is 2.91 bits per heavy atom. The van der Waals surface area contributed by atoms with Crippen LogP contribution < -0.4 is 0 Å². The molecule has 0 amide bonds. The van der Waals surface area contributed by atoms with Crippen molar-refractivity contribution in [3.8, 4) is 0 Å². The van der Waals surface area contributed by atoms with Gasteiger partial charge < -0.3 is 0 Å². The molecule has 0 aliphatic heterocycles. The standard InChI is InChI=1S/C9H8BrI/c1-2-4-7-5-3-6-8(10)9(7)11/h2-3,5-6H,1,4H2. The van der Waals surface area contributed by atoms with Crippen LogP contribution >= 0.6 is 38.5 Å². The van der Waals surface area contributed by atoms with Crippen LogP contribution in [0.15, 0.2) is 35.3 Å². The summed E-state index contributed by atoms with van der Waals surface area (Å²) in [6, 6.07) is 6.22. The maximum absolute atomic E-state index is 3.71. The Hall–Kier alpha value is 0.170. The smallest absolute Gasteiger partial charge is 0.0311 e. The van der Waals surface area contributed by atoms with Gasteiger partial charge in [-0.15, -0.1) is 6.58 Å². The lowest BCUT2D eigenvalue weighted by atomic mass is 10.2. The third-order valence-corrected chi connectivity index (χ3v) is 4.07. The van der Waals surface area contributed by atoms with Gasteiger partial charge in [-0.1, -0.05) is 18.2 Å². The first-order chi connectivity index (χ1) is 5.25.